The Bertz CT molecular complexity index is 963. The summed E-state index contributed by atoms with van der Waals surface area (Å²) in [4.78, 5) is 25.3. The molecule has 0 spiro atoms. The smallest absolute Gasteiger partial charge is 0.355 e. The fraction of sp³-hybridized carbons (Fsp3) is 0.333. The lowest BCUT2D eigenvalue weighted by atomic mass is 10.1. The Morgan fingerprint density at radius 1 is 1.03 bits per heavy atom. The average Bonchev–Trinajstić information content (AvgIpc) is 3.19. The fourth-order valence-corrected chi connectivity index (χ4v) is 2.75. The van der Waals surface area contributed by atoms with Gasteiger partial charge >= 0.3 is 5.97 Å². The van der Waals surface area contributed by atoms with E-state index in [9.17, 15) is 9.59 Å². The molecule has 0 radical (unpaired) electrons. The minimum absolute atomic E-state index is 0.0256. The van der Waals surface area contributed by atoms with Crippen LogP contribution in [0, 0.1) is 5.92 Å². The third-order valence-electron chi connectivity index (χ3n) is 4.22. The van der Waals surface area contributed by atoms with E-state index >= 15 is 0 Å². The number of carbonyl (C=O) groups is 2. The van der Waals surface area contributed by atoms with E-state index in [1.807, 2.05) is 0 Å². The highest BCUT2D eigenvalue weighted by atomic mass is 16.7. The highest BCUT2D eigenvalue weighted by Crippen LogP contribution is 2.33. The maximum absolute atomic E-state index is 12.8. The third-order valence-corrected chi connectivity index (χ3v) is 4.22. The van der Waals surface area contributed by atoms with Crippen LogP contribution in [0.2, 0.25) is 0 Å². The number of benzene rings is 2. The first-order valence-corrected chi connectivity index (χ1v) is 10.2. The van der Waals surface area contributed by atoms with E-state index in [4.69, 9.17) is 18.9 Å². The molecule has 0 saturated carbocycles. The molecule has 1 aliphatic heterocycles. The number of hydrogen-bond donors (Lipinski definition) is 1. The van der Waals surface area contributed by atoms with Gasteiger partial charge < -0.3 is 24.3 Å². The minimum Gasteiger partial charge on any atom is -0.493 e. The molecule has 31 heavy (non-hydrogen) atoms. The Morgan fingerprint density at radius 3 is 2.42 bits per heavy atom. The van der Waals surface area contributed by atoms with E-state index < -0.39 is 11.9 Å². The maximum atomic E-state index is 12.8. The van der Waals surface area contributed by atoms with Crippen LogP contribution in [0.15, 0.2) is 48.2 Å². The highest BCUT2D eigenvalue weighted by molar-refractivity contribution is 6.03. The molecule has 2 aromatic rings. The first-order valence-electron chi connectivity index (χ1n) is 10.2. The van der Waals surface area contributed by atoms with Gasteiger partial charge in [-0.15, -0.1) is 0 Å². The summed E-state index contributed by atoms with van der Waals surface area (Å²) < 4.78 is 21.6. The van der Waals surface area contributed by atoms with Gasteiger partial charge in [-0.2, -0.15) is 0 Å². The van der Waals surface area contributed by atoms with Crippen molar-refractivity contribution < 1.29 is 28.5 Å². The third kappa shape index (κ3) is 6.25. The molecule has 7 nitrogen and oxygen atoms in total. The van der Waals surface area contributed by atoms with Crippen molar-refractivity contribution in [1.29, 1.82) is 0 Å². The van der Waals surface area contributed by atoms with Gasteiger partial charge in [0.05, 0.1) is 12.7 Å². The van der Waals surface area contributed by atoms with E-state index in [0.717, 1.165) is 0 Å². The van der Waals surface area contributed by atoms with Crippen LogP contribution in [0.4, 0.5) is 0 Å². The van der Waals surface area contributed by atoms with Crippen LogP contribution in [0.5, 0.6) is 17.2 Å². The van der Waals surface area contributed by atoms with E-state index in [1.54, 1.807) is 62.4 Å². The predicted molar refractivity (Wildman–Crippen MR) is 116 cm³/mol. The van der Waals surface area contributed by atoms with Gasteiger partial charge in [-0.3, -0.25) is 4.79 Å². The van der Waals surface area contributed by atoms with Crippen LogP contribution in [0.3, 0.4) is 0 Å². The van der Waals surface area contributed by atoms with Crippen molar-refractivity contribution in [3.8, 4) is 17.2 Å². The summed E-state index contributed by atoms with van der Waals surface area (Å²) in [5, 5.41) is 2.66. The Kier molecular flexibility index (Phi) is 7.18. The van der Waals surface area contributed by atoms with E-state index in [1.165, 1.54) is 0 Å². The van der Waals surface area contributed by atoms with Crippen LogP contribution in [0.25, 0.3) is 6.08 Å². The summed E-state index contributed by atoms with van der Waals surface area (Å²) >= 11 is 0. The lowest BCUT2D eigenvalue weighted by Crippen LogP contribution is -2.29. The molecular formula is C24H27NO6. The lowest BCUT2D eigenvalue weighted by molar-refractivity contribution is -0.142. The molecule has 1 heterocycles. The molecule has 0 fully saturated rings. The number of rotatable bonds is 8. The number of carbonyl (C=O) groups excluding carboxylic acids is 2. The molecule has 7 heteroatoms. The molecule has 3 rings (SSSR count). The molecule has 1 N–H and O–H groups in total. The topological polar surface area (TPSA) is 83.1 Å². The second-order valence-corrected chi connectivity index (χ2v) is 7.81. The van der Waals surface area contributed by atoms with Crippen molar-refractivity contribution in [2.75, 3.05) is 13.4 Å². The quantitative estimate of drug-likeness (QED) is 0.505. The van der Waals surface area contributed by atoms with Gasteiger partial charge in [-0.25, -0.2) is 4.79 Å². The van der Waals surface area contributed by atoms with Crippen molar-refractivity contribution in [1.82, 2.24) is 5.32 Å². The number of amides is 1. The first kappa shape index (κ1) is 22.2. The van der Waals surface area contributed by atoms with Gasteiger partial charge in [0.2, 0.25) is 6.79 Å². The summed E-state index contributed by atoms with van der Waals surface area (Å²) in [6.07, 6.45) is 1.21. The fourth-order valence-electron chi connectivity index (χ4n) is 2.75. The van der Waals surface area contributed by atoms with Gasteiger partial charge in [-0.05, 0) is 67.8 Å². The van der Waals surface area contributed by atoms with E-state index in [2.05, 4.69) is 19.2 Å². The van der Waals surface area contributed by atoms with Crippen molar-refractivity contribution in [2.24, 2.45) is 5.92 Å². The standard InChI is InChI=1S/C24H27NO6/c1-15(2)13-28-19-8-6-18(7-9-19)23(26)25-20(24(27)31-16(3)4)11-17-5-10-21-22(12-17)30-14-29-21/h5-12,15-16H,13-14H2,1-4H3,(H,25,26). The van der Waals surface area contributed by atoms with Crippen molar-refractivity contribution in [2.45, 2.75) is 33.8 Å². The molecule has 1 aliphatic rings. The van der Waals surface area contributed by atoms with Crippen molar-refractivity contribution in [3.63, 3.8) is 0 Å². The molecule has 0 atom stereocenters. The molecule has 0 saturated heterocycles. The molecular weight excluding hydrogens is 398 g/mol. The lowest BCUT2D eigenvalue weighted by Gasteiger charge is -2.13. The number of ether oxygens (including phenoxy) is 4. The number of esters is 1. The summed E-state index contributed by atoms with van der Waals surface area (Å²) in [5.41, 5.74) is 1.08. The van der Waals surface area contributed by atoms with Gasteiger partial charge in [0.1, 0.15) is 11.4 Å². The SMILES string of the molecule is CC(C)COc1ccc(C(=O)NC(=Cc2ccc3c(c2)OCO3)C(=O)OC(C)C)cc1. The van der Waals surface area contributed by atoms with Gasteiger partial charge in [0.25, 0.3) is 5.91 Å². The second-order valence-electron chi connectivity index (χ2n) is 7.81. The van der Waals surface area contributed by atoms with Crippen LogP contribution < -0.4 is 19.5 Å². The molecule has 0 unspecified atom stereocenters. The largest absolute Gasteiger partial charge is 0.493 e. The zero-order chi connectivity index (χ0) is 22.4. The second kappa shape index (κ2) is 10.0. The van der Waals surface area contributed by atoms with Crippen LogP contribution >= 0.6 is 0 Å². The molecule has 2 aromatic carbocycles. The Morgan fingerprint density at radius 2 is 1.74 bits per heavy atom. The molecule has 0 aliphatic carbocycles. The van der Waals surface area contributed by atoms with E-state index in [-0.39, 0.29) is 18.6 Å². The summed E-state index contributed by atoms with van der Waals surface area (Å²) in [6, 6.07) is 12.0. The predicted octanol–water partition coefficient (Wildman–Crippen LogP) is 4.17. The minimum atomic E-state index is -0.627. The van der Waals surface area contributed by atoms with Crippen LogP contribution in [-0.4, -0.2) is 31.4 Å². The zero-order valence-corrected chi connectivity index (χ0v) is 18.1. The Labute approximate surface area is 181 Å². The van der Waals surface area contributed by atoms with Gasteiger partial charge in [0, 0.05) is 5.56 Å². The first-order chi connectivity index (χ1) is 14.8. The summed E-state index contributed by atoms with van der Waals surface area (Å²) in [6.45, 7) is 8.35. The van der Waals surface area contributed by atoms with Crippen molar-refractivity contribution >= 4 is 18.0 Å². The normalized spacial score (nSPS) is 12.8. The number of nitrogens with one attached hydrogen (secondary N) is 1. The van der Waals surface area contributed by atoms with E-state index in [0.29, 0.717) is 40.9 Å². The molecule has 0 bridgehead atoms. The summed E-state index contributed by atoms with van der Waals surface area (Å²) in [5.74, 6) is 1.24. The summed E-state index contributed by atoms with van der Waals surface area (Å²) in [7, 11) is 0. The zero-order valence-electron chi connectivity index (χ0n) is 18.1. The maximum Gasteiger partial charge on any atom is 0.355 e. The van der Waals surface area contributed by atoms with Crippen molar-refractivity contribution in [3.05, 3.63) is 59.3 Å². The Hall–Kier alpha value is -3.48. The molecule has 0 aromatic heterocycles. The number of hydrogen-bond acceptors (Lipinski definition) is 6. The highest BCUT2D eigenvalue weighted by Gasteiger charge is 2.19. The van der Waals surface area contributed by atoms with Gasteiger partial charge in [0.15, 0.2) is 11.5 Å². The van der Waals surface area contributed by atoms with Gasteiger partial charge in [-0.1, -0.05) is 19.9 Å². The van der Waals surface area contributed by atoms with Crippen LogP contribution in [0.1, 0.15) is 43.6 Å². The molecule has 1 amide bonds. The Balaban J connectivity index is 1.78. The average molecular weight is 425 g/mol. The molecule has 164 valence electrons. The number of fused-ring (bicyclic) bond motifs is 1. The van der Waals surface area contributed by atoms with Crippen LogP contribution in [-0.2, 0) is 9.53 Å². The monoisotopic (exact) mass is 425 g/mol.